The van der Waals surface area contributed by atoms with Gasteiger partial charge >= 0.3 is 0 Å². The summed E-state index contributed by atoms with van der Waals surface area (Å²) in [6.45, 7) is 0. The van der Waals surface area contributed by atoms with E-state index in [1.165, 1.54) is 0 Å². The number of hydrogen-bond acceptors (Lipinski definition) is 4. The van der Waals surface area contributed by atoms with E-state index in [1.54, 1.807) is 0 Å². The first-order chi connectivity index (χ1) is 23.5. The molecule has 2 aromatic heterocycles. The summed E-state index contributed by atoms with van der Waals surface area (Å²) in [6, 6.07) is 51.3. The molecule has 0 fully saturated rings. The maximum absolute atomic E-state index is 13.5. The minimum Gasteiger partial charge on any atom is -0.456 e. The second-order valence-electron chi connectivity index (χ2n) is 12.4. The Morgan fingerprint density at radius 2 is 1.02 bits per heavy atom. The maximum Gasteiger partial charge on any atom is 0.158 e. The van der Waals surface area contributed by atoms with Gasteiger partial charge in [-0.15, -0.1) is 0 Å². The molecule has 3 heterocycles. The molecule has 5 heteroatoms. The fourth-order valence-corrected chi connectivity index (χ4v) is 8.47. The van der Waals surface area contributed by atoms with Crippen LogP contribution in [-0.4, -0.2) is 13.4 Å². The molecule has 0 bridgehead atoms. The minimum atomic E-state index is -3.39. The lowest BCUT2D eigenvalue weighted by Gasteiger charge is -2.14. The lowest BCUT2D eigenvalue weighted by molar-refractivity contribution is 0.595. The van der Waals surface area contributed by atoms with Crippen molar-refractivity contribution >= 4 is 31.8 Å². The fourth-order valence-electron chi connectivity index (χ4n) is 6.93. The second-order valence-corrected chi connectivity index (χ2v) is 14.5. The molecule has 0 unspecified atom stereocenters. The van der Waals surface area contributed by atoms with E-state index in [2.05, 4.69) is 66.7 Å². The monoisotopic (exact) mass is 639 g/mol. The van der Waals surface area contributed by atoms with Gasteiger partial charge in [-0.2, -0.15) is 0 Å². The van der Waals surface area contributed by atoms with Gasteiger partial charge in [0.05, 0.1) is 22.9 Å². The Balaban J connectivity index is 1.18. The molecule has 1 aliphatic rings. The van der Waals surface area contributed by atoms with Gasteiger partial charge in [0.25, 0.3) is 0 Å². The number of aromatic nitrogens is 1. The van der Waals surface area contributed by atoms with Crippen LogP contribution in [0.2, 0.25) is 0 Å². The molecule has 48 heavy (non-hydrogen) atoms. The summed E-state index contributed by atoms with van der Waals surface area (Å²) in [6.07, 6.45) is 0. The summed E-state index contributed by atoms with van der Waals surface area (Å²) in [5.74, 6) is -0.0108. The van der Waals surface area contributed by atoms with E-state index in [-0.39, 0.29) is 11.5 Å². The first-order valence-corrected chi connectivity index (χ1v) is 17.8. The molecule has 230 valence electrons. The van der Waals surface area contributed by atoms with Gasteiger partial charge in [-0.05, 0) is 87.0 Å². The smallest absolute Gasteiger partial charge is 0.158 e. The van der Waals surface area contributed by atoms with Crippen LogP contribution in [0.5, 0.6) is 0 Å². The number of para-hydroxylation sites is 1. The van der Waals surface area contributed by atoms with Gasteiger partial charge in [-0.25, -0.2) is 13.4 Å². The molecule has 0 saturated heterocycles. The van der Waals surface area contributed by atoms with Gasteiger partial charge in [-0.1, -0.05) is 109 Å². The predicted octanol–water partition coefficient (Wildman–Crippen LogP) is 10.7. The number of pyridine rings is 1. The highest BCUT2D eigenvalue weighted by Gasteiger charge is 2.25. The normalized spacial score (nSPS) is 13.6. The number of benzene rings is 6. The van der Waals surface area contributed by atoms with Crippen molar-refractivity contribution in [2.45, 2.75) is 11.5 Å². The summed E-state index contributed by atoms with van der Waals surface area (Å²) in [5, 5.41) is 2.11. The van der Waals surface area contributed by atoms with E-state index in [0.29, 0.717) is 0 Å². The lowest BCUT2D eigenvalue weighted by atomic mass is 9.90. The topological polar surface area (TPSA) is 60.2 Å². The molecular weight excluding hydrogens is 611 g/mol. The van der Waals surface area contributed by atoms with Gasteiger partial charge in [0, 0.05) is 21.9 Å². The van der Waals surface area contributed by atoms with E-state index in [1.807, 2.05) is 84.9 Å². The Labute approximate surface area is 278 Å². The summed E-state index contributed by atoms with van der Waals surface area (Å²) in [4.78, 5) is 5.04. The molecule has 0 N–H and O–H groups in total. The third kappa shape index (κ3) is 5.09. The van der Waals surface area contributed by atoms with Crippen molar-refractivity contribution in [3.05, 3.63) is 163 Å². The Morgan fingerprint density at radius 1 is 0.438 bits per heavy atom. The SMILES string of the molecule is O=S1(=O)Cc2cc(-c3ccc4oc5ccccc5c4c3)ccc2-c2cc(-c3cc(-c4ccccc4)nc(-c4ccccc4)c3)ccc2C1. The van der Waals surface area contributed by atoms with Gasteiger partial charge in [0.1, 0.15) is 11.2 Å². The summed E-state index contributed by atoms with van der Waals surface area (Å²) in [5.41, 5.74) is 13.1. The van der Waals surface area contributed by atoms with Crippen LogP contribution in [0.15, 0.2) is 156 Å². The number of sulfone groups is 1. The lowest BCUT2D eigenvalue weighted by Crippen LogP contribution is -2.05. The van der Waals surface area contributed by atoms with Crippen LogP contribution in [-0.2, 0) is 21.3 Å². The van der Waals surface area contributed by atoms with E-state index >= 15 is 0 Å². The second kappa shape index (κ2) is 11.2. The Hall–Kier alpha value is -5.78. The van der Waals surface area contributed by atoms with Crippen molar-refractivity contribution in [2.24, 2.45) is 0 Å². The van der Waals surface area contributed by atoms with Crippen LogP contribution in [0.1, 0.15) is 11.1 Å². The summed E-state index contributed by atoms with van der Waals surface area (Å²) in [7, 11) is -3.39. The van der Waals surface area contributed by atoms with Crippen LogP contribution in [0, 0.1) is 0 Å². The van der Waals surface area contributed by atoms with Gasteiger partial charge in [-0.3, -0.25) is 0 Å². The third-order valence-electron chi connectivity index (χ3n) is 9.26. The Morgan fingerprint density at radius 3 is 1.77 bits per heavy atom. The molecular formula is C43H29NO3S. The summed E-state index contributed by atoms with van der Waals surface area (Å²) < 4.78 is 33.0. The largest absolute Gasteiger partial charge is 0.456 e. The number of rotatable bonds is 4. The van der Waals surface area contributed by atoms with E-state index < -0.39 is 9.84 Å². The highest BCUT2D eigenvalue weighted by molar-refractivity contribution is 7.89. The minimum absolute atomic E-state index is 0.000467. The molecule has 0 atom stereocenters. The molecule has 4 nitrogen and oxygen atoms in total. The van der Waals surface area contributed by atoms with Crippen LogP contribution in [0.3, 0.4) is 0 Å². The quantitative estimate of drug-likeness (QED) is 0.192. The third-order valence-corrected chi connectivity index (χ3v) is 10.8. The van der Waals surface area contributed by atoms with Crippen LogP contribution >= 0.6 is 0 Å². The fraction of sp³-hybridized carbons (Fsp3) is 0.0465. The van der Waals surface area contributed by atoms with E-state index in [4.69, 9.17) is 9.40 Å². The van der Waals surface area contributed by atoms with Crippen LogP contribution in [0.25, 0.3) is 77.8 Å². The number of fused-ring (bicyclic) bond motifs is 6. The maximum atomic E-state index is 13.5. The van der Waals surface area contributed by atoms with Crippen molar-refractivity contribution < 1.29 is 12.8 Å². The number of nitrogens with zero attached hydrogens (tertiary/aromatic N) is 1. The molecule has 0 amide bonds. The van der Waals surface area contributed by atoms with Crippen molar-refractivity contribution in [1.82, 2.24) is 4.98 Å². The zero-order valence-corrected chi connectivity index (χ0v) is 26.7. The average molecular weight is 640 g/mol. The molecule has 6 aromatic carbocycles. The van der Waals surface area contributed by atoms with Gasteiger partial charge < -0.3 is 4.42 Å². The molecule has 0 saturated carbocycles. The zero-order chi connectivity index (χ0) is 32.2. The van der Waals surface area contributed by atoms with Gasteiger partial charge in [0.2, 0.25) is 0 Å². The first-order valence-electron chi connectivity index (χ1n) is 16.0. The average Bonchev–Trinajstić information content (AvgIpc) is 3.45. The van der Waals surface area contributed by atoms with Crippen molar-refractivity contribution in [2.75, 3.05) is 0 Å². The molecule has 0 aliphatic carbocycles. The summed E-state index contributed by atoms with van der Waals surface area (Å²) >= 11 is 0. The standard InChI is InChI=1S/C43H29NO3S/c45-48(46)26-33-16-15-32(34-24-40(28-9-3-1-4-10-28)44-41(25-34)29-11-5-2-6-12-29)22-38(33)36-19-17-30(21-35(36)27-48)31-18-20-43-39(23-31)37-13-7-8-14-42(37)47-43/h1-25H,26-27H2. The van der Waals surface area contributed by atoms with Crippen molar-refractivity contribution in [3.63, 3.8) is 0 Å². The Bertz CT molecular complexity index is 2570. The van der Waals surface area contributed by atoms with E-state index in [9.17, 15) is 8.42 Å². The number of hydrogen-bond donors (Lipinski definition) is 0. The van der Waals surface area contributed by atoms with Crippen LogP contribution < -0.4 is 0 Å². The first kappa shape index (κ1) is 28.4. The Kier molecular flexibility index (Phi) is 6.63. The van der Waals surface area contributed by atoms with E-state index in [0.717, 1.165) is 89.0 Å². The van der Waals surface area contributed by atoms with Crippen molar-refractivity contribution in [1.29, 1.82) is 0 Å². The molecule has 0 radical (unpaired) electrons. The van der Waals surface area contributed by atoms with Gasteiger partial charge in [0.15, 0.2) is 9.84 Å². The molecule has 8 aromatic rings. The van der Waals surface area contributed by atoms with Crippen LogP contribution in [0.4, 0.5) is 0 Å². The molecule has 1 aliphatic heterocycles. The molecule has 9 rings (SSSR count). The highest BCUT2D eigenvalue weighted by atomic mass is 32.2. The zero-order valence-electron chi connectivity index (χ0n) is 25.9. The molecule has 0 spiro atoms. The highest BCUT2D eigenvalue weighted by Crippen LogP contribution is 2.40. The van der Waals surface area contributed by atoms with Crippen molar-refractivity contribution in [3.8, 4) is 55.9 Å². The predicted molar refractivity (Wildman–Crippen MR) is 195 cm³/mol. The number of furan rings is 1.